The number of carbonyl (C=O) groups excluding carboxylic acids is 1. The van der Waals surface area contributed by atoms with Crippen molar-refractivity contribution < 1.29 is 13.6 Å². The van der Waals surface area contributed by atoms with Gasteiger partial charge in [-0.2, -0.15) is 0 Å². The number of nitrogens with two attached hydrogens (primary N) is 1. The zero-order chi connectivity index (χ0) is 14.3. The molecule has 0 radical (unpaired) electrons. The molecule has 0 unspecified atom stereocenters. The normalized spacial score (nSPS) is 20.2. The van der Waals surface area contributed by atoms with Gasteiger partial charge in [-0.1, -0.05) is 0 Å². The molecule has 1 saturated carbocycles. The molecule has 1 saturated heterocycles. The molecule has 20 heavy (non-hydrogen) atoms. The van der Waals surface area contributed by atoms with Crippen LogP contribution in [0.4, 0.5) is 14.5 Å². The molecule has 1 aliphatic carbocycles. The van der Waals surface area contributed by atoms with Crippen molar-refractivity contribution in [3.63, 3.8) is 0 Å². The number of nitrogen functional groups attached to an aromatic ring is 1. The van der Waals surface area contributed by atoms with Crippen molar-refractivity contribution >= 4 is 11.6 Å². The Bertz CT molecular complexity index is 537. The predicted molar refractivity (Wildman–Crippen MR) is 71.3 cm³/mol. The lowest BCUT2D eigenvalue weighted by Gasteiger charge is -2.35. The van der Waals surface area contributed by atoms with Gasteiger partial charge in [0.25, 0.3) is 5.91 Å². The lowest BCUT2D eigenvalue weighted by atomic mass is 10.1. The lowest BCUT2D eigenvalue weighted by Crippen LogP contribution is -2.49. The number of piperazine rings is 1. The van der Waals surface area contributed by atoms with Crippen molar-refractivity contribution in [3.8, 4) is 0 Å². The van der Waals surface area contributed by atoms with Crippen LogP contribution in [0, 0.1) is 11.6 Å². The van der Waals surface area contributed by atoms with Gasteiger partial charge >= 0.3 is 0 Å². The van der Waals surface area contributed by atoms with E-state index in [1.807, 2.05) is 0 Å². The molecular formula is C14H17F2N3O. The van der Waals surface area contributed by atoms with Crippen molar-refractivity contribution in [1.82, 2.24) is 9.80 Å². The fourth-order valence-corrected chi connectivity index (χ4v) is 2.65. The molecular weight excluding hydrogens is 264 g/mol. The average Bonchev–Trinajstić information content (AvgIpc) is 3.28. The summed E-state index contributed by atoms with van der Waals surface area (Å²) < 4.78 is 27.6. The van der Waals surface area contributed by atoms with Gasteiger partial charge in [-0.25, -0.2) is 8.78 Å². The number of nitrogens with zero attached hydrogens (tertiary/aromatic N) is 2. The standard InChI is InChI=1S/C14H17F2N3O/c15-10-3-4-11(17)13(16)12(10)14(20)19-7-5-18(6-8-19)9-1-2-9/h3-4,9H,1-2,5-8,17H2. The highest BCUT2D eigenvalue weighted by Crippen LogP contribution is 2.28. The van der Waals surface area contributed by atoms with Crippen LogP contribution in [0.2, 0.25) is 0 Å². The minimum atomic E-state index is -0.959. The second-order valence-corrected chi connectivity index (χ2v) is 5.38. The molecule has 1 aromatic rings. The number of rotatable bonds is 2. The van der Waals surface area contributed by atoms with E-state index >= 15 is 0 Å². The first-order chi connectivity index (χ1) is 9.58. The van der Waals surface area contributed by atoms with Crippen LogP contribution in [0.1, 0.15) is 23.2 Å². The fourth-order valence-electron chi connectivity index (χ4n) is 2.65. The molecule has 0 aromatic heterocycles. The molecule has 2 N–H and O–H groups in total. The van der Waals surface area contributed by atoms with Crippen LogP contribution in [0.3, 0.4) is 0 Å². The third-order valence-corrected chi connectivity index (χ3v) is 4.00. The summed E-state index contributed by atoms with van der Waals surface area (Å²) in [6, 6.07) is 2.81. The molecule has 1 aliphatic heterocycles. The summed E-state index contributed by atoms with van der Waals surface area (Å²) in [6.07, 6.45) is 2.43. The maximum Gasteiger partial charge on any atom is 0.259 e. The van der Waals surface area contributed by atoms with Gasteiger partial charge < -0.3 is 10.6 Å². The first-order valence-corrected chi connectivity index (χ1v) is 6.84. The van der Waals surface area contributed by atoms with Crippen molar-refractivity contribution in [2.24, 2.45) is 0 Å². The smallest absolute Gasteiger partial charge is 0.259 e. The van der Waals surface area contributed by atoms with Gasteiger partial charge in [0.2, 0.25) is 0 Å². The minimum Gasteiger partial charge on any atom is -0.396 e. The summed E-state index contributed by atoms with van der Waals surface area (Å²) >= 11 is 0. The maximum absolute atomic E-state index is 13.9. The Morgan fingerprint density at radius 1 is 1.15 bits per heavy atom. The molecule has 4 nitrogen and oxygen atoms in total. The third kappa shape index (κ3) is 2.35. The van der Waals surface area contributed by atoms with Crippen LogP contribution >= 0.6 is 0 Å². The Labute approximate surface area is 116 Å². The van der Waals surface area contributed by atoms with Gasteiger partial charge in [0.05, 0.1) is 5.69 Å². The van der Waals surface area contributed by atoms with Crippen molar-refractivity contribution in [2.75, 3.05) is 31.9 Å². The highest BCUT2D eigenvalue weighted by molar-refractivity contribution is 5.95. The number of anilines is 1. The second kappa shape index (κ2) is 5.01. The van der Waals surface area contributed by atoms with Crippen molar-refractivity contribution in [2.45, 2.75) is 18.9 Å². The summed E-state index contributed by atoms with van der Waals surface area (Å²) in [5, 5.41) is 0. The van der Waals surface area contributed by atoms with E-state index in [2.05, 4.69) is 4.90 Å². The molecule has 0 spiro atoms. The van der Waals surface area contributed by atoms with E-state index in [1.54, 1.807) is 0 Å². The molecule has 2 fully saturated rings. The predicted octanol–water partition coefficient (Wildman–Crippen LogP) is 1.47. The largest absolute Gasteiger partial charge is 0.396 e. The Morgan fingerprint density at radius 2 is 1.80 bits per heavy atom. The van der Waals surface area contributed by atoms with Crippen LogP contribution in [0.15, 0.2) is 12.1 Å². The summed E-state index contributed by atoms with van der Waals surface area (Å²) in [6.45, 7) is 2.54. The fraction of sp³-hybridized carbons (Fsp3) is 0.500. The maximum atomic E-state index is 13.9. The van der Waals surface area contributed by atoms with E-state index in [-0.39, 0.29) is 5.69 Å². The number of benzene rings is 1. The van der Waals surface area contributed by atoms with E-state index in [0.717, 1.165) is 25.2 Å². The molecule has 1 aromatic carbocycles. The number of hydrogen-bond acceptors (Lipinski definition) is 3. The highest BCUT2D eigenvalue weighted by atomic mass is 19.1. The minimum absolute atomic E-state index is 0.202. The zero-order valence-electron chi connectivity index (χ0n) is 11.1. The van der Waals surface area contributed by atoms with Crippen molar-refractivity contribution in [3.05, 3.63) is 29.3 Å². The Hall–Kier alpha value is -1.69. The number of halogens is 2. The van der Waals surface area contributed by atoms with Crippen LogP contribution in [0.25, 0.3) is 0 Å². The van der Waals surface area contributed by atoms with Gasteiger partial charge in [0.15, 0.2) is 5.82 Å². The van der Waals surface area contributed by atoms with Crippen LogP contribution < -0.4 is 5.73 Å². The highest BCUT2D eigenvalue weighted by Gasteiger charge is 2.33. The van der Waals surface area contributed by atoms with Gasteiger partial charge in [-0.05, 0) is 25.0 Å². The Morgan fingerprint density at radius 3 is 2.40 bits per heavy atom. The summed E-state index contributed by atoms with van der Waals surface area (Å²) in [5.74, 6) is -2.42. The van der Waals surface area contributed by atoms with Gasteiger partial charge in [-0.15, -0.1) is 0 Å². The lowest BCUT2D eigenvalue weighted by molar-refractivity contribution is 0.0618. The molecule has 108 valence electrons. The summed E-state index contributed by atoms with van der Waals surface area (Å²) in [4.78, 5) is 16.1. The van der Waals surface area contributed by atoms with Crippen LogP contribution in [-0.2, 0) is 0 Å². The number of amides is 1. The van der Waals surface area contributed by atoms with E-state index < -0.39 is 23.1 Å². The zero-order valence-corrected chi connectivity index (χ0v) is 11.1. The van der Waals surface area contributed by atoms with Gasteiger partial charge in [-0.3, -0.25) is 9.69 Å². The quantitative estimate of drug-likeness (QED) is 0.835. The van der Waals surface area contributed by atoms with Gasteiger partial charge in [0, 0.05) is 32.2 Å². The molecule has 1 amide bonds. The van der Waals surface area contributed by atoms with E-state index in [0.29, 0.717) is 19.1 Å². The van der Waals surface area contributed by atoms with Gasteiger partial charge in [0.1, 0.15) is 11.4 Å². The van der Waals surface area contributed by atoms with Crippen LogP contribution in [-0.4, -0.2) is 47.9 Å². The topological polar surface area (TPSA) is 49.6 Å². The number of hydrogen-bond donors (Lipinski definition) is 1. The molecule has 1 heterocycles. The Balaban J connectivity index is 1.75. The SMILES string of the molecule is Nc1ccc(F)c(C(=O)N2CCN(C3CC3)CC2)c1F. The molecule has 0 bridgehead atoms. The van der Waals surface area contributed by atoms with Crippen LogP contribution in [0.5, 0.6) is 0 Å². The van der Waals surface area contributed by atoms with E-state index in [9.17, 15) is 13.6 Å². The number of carbonyl (C=O) groups is 1. The van der Waals surface area contributed by atoms with Crippen molar-refractivity contribution in [1.29, 1.82) is 0 Å². The molecule has 3 rings (SSSR count). The molecule has 0 atom stereocenters. The average molecular weight is 281 g/mol. The van der Waals surface area contributed by atoms with E-state index in [1.165, 1.54) is 17.7 Å². The molecule has 2 aliphatic rings. The summed E-state index contributed by atoms with van der Waals surface area (Å²) in [7, 11) is 0. The first-order valence-electron chi connectivity index (χ1n) is 6.84. The third-order valence-electron chi connectivity index (χ3n) is 4.00. The monoisotopic (exact) mass is 281 g/mol. The van der Waals surface area contributed by atoms with E-state index in [4.69, 9.17) is 5.73 Å². The Kier molecular flexibility index (Phi) is 3.33. The first kappa shape index (κ1) is 13.3. The molecule has 6 heteroatoms. The second-order valence-electron chi connectivity index (χ2n) is 5.38. The summed E-state index contributed by atoms with van der Waals surface area (Å²) in [5.41, 5.74) is 4.67.